The largest absolute Gasteiger partial charge is 0.374 e. The summed E-state index contributed by atoms with van der Waals surface area (Å²) < 4.78 is 6.59. The van der Waals surface area contributed by atoms with E-state index in [1.54, 1.807) is 0 Å². The number of benzene rings is 1. The molecule has 1 fully saturated rings. The van der Waals surface area contributed by atoms with Crippen molar-refractivity contribution in [2.45, 2.75) is 19.1 Å². The predicted octanol–water partition coefficient (Wildman–Crippen LogP) is 2.82. The highest BCUT2D eigenvalue weighted by Crippen LogP contribution is 2.30. The Morgan fingerprint density at radius 2 is 2.39 bits per heavy atom. The van der Waals surface area contributed by atoms with Crippen molar-refractivity contribution in [3.05, 3.63) is 33.3 Å². The summed E-state index contributed by atoms with van der Waals surface area (Å²) in [5, 5.41) is 0.799. The Labute approximate surface area is 121 Å². The predicted molar refractivity (Wildman–Crippen MR) is 77.9 cm³/mol. The van der Waals surface area contributed by atoms with Crippen LogP contribution in [-0.2, 0) is 4.74 Å². The van der Waals surface area contributed by atoms with E-state index in [1.807, 2.05) is 12.1 Å². The van der Waals surface area contributed by atoms with Crippen molar-refractivity contribution in [3.8, 4) is 0 Å². The molecule has 0 radical (unpaired) electrons. The summed E-state index contributed by atoms with van der Waals surface area (Å²) >= 11 is 9.73. The van der Waals surface area contributed by atoms with Gasteiger partial charge in [0, 0.05) is 35.2 Å². The van der Waals surface area contributed by atoms with Crippen molar-refractivity contribution < 1.29 is 4.74 Å². The minimum atomic E-state index is 0.135. The molecule has 0 aromatic heterocycles. The van der Waals surface area contributed by atoms with Gasteiger partial charge in [-0.3, -0.25) is 4.90 Å². The third kappa shape index (κ3) is 3.25. The molecule has 2 unspecified atom stereocenters. The van der Waals surface area contributed by atoms with Gasteiger partial charge in [0.2, 0.25) is 0 Å². The van der Waals surface area contributed by atoms with Gasteiger partial charge in [-0.05, 0) is 24.6 Å². The lowest BCUT2D eigenvalue weighted by Crippen LogP contribution is -2.46. The first-order chi connectivity index (χ1) is 8.61. The van der Waals surface area contributed by atoms with Gasteiger partial charge < -0.3 is 10.5 Å². The molecule has 2 N–H and O–H groups in total. The number of nitrogens with two attached hydrogens (primary N) is 1. The number of morpholine rings is 1. The van der Waals surface area contributed by atoms with Crippen LogP contribution in [0.3, 0.4) is 0 Å². The SMILES string of the molecule is CC(c1ccc(Br)cc1Cl)N1CCOC(CN)C1. The van der Waals surface area contributed by atoms with Crippen molar-refractivity contribution in [2.24, 2.45) is 5.73 Å². The Morgan fingerprint density at radius 3 is 3.06 bits per heavy atom. The summed E-state index contributed by atoms with van der Waals surface area (Å²) in [7, 11) is 0. The van der Waals surface area contributed by atoms with Crippen molar-refractivity contribution in [1.29, 1.82) is 0 Å². The number of hydrogen-bond acceptors (Lipinski definition) is 3. The molecule has 0 saturated carbocycles. The summed E-state index contributed by atoms with van der Waals surface area (Å²) in [6, 6.07) is 6.32. The average Bonchev–Trinajstić information content (AvgIpc) is 2.38. The molecular weight excluding hydrogens is 316 g/mol. The number of halogens is 2. The second-order valence-electron chi connectivity index (χ2n) is 4.57. The van der Waals surface area contributed by atoms with Crippen LogP contribution >= 0.6 is 27.5 Å². The van der Waals surface area contributed by atoms with Crippen LogP contribution in [0.15, 0.2) is 22.7 Å². The molecule has 2 atom stereocenters. The fourth-order valence-electron chi connectivity index (χ4n) is 2.27. The lowest BCUT2D eigenvalue weighted by atomic mass is 10.1. The van der Waals surface area contributed by atoms with Crippen LogP contribution in [0, 0.1) is 0 Å². The molecule has 2 rings (SSSR count). The van der Waals surface area contributed by atoms with Gasteiger partial charge in [0.25, 0.3) is 0 Å². The van der Waals surface area contributed by atoms with Crippen LogP contribution in [0.5, 0.6) is 0 Å². The second-order valence-corrected chi connectivity index (χ2v) is 5.89. The van der Waals surface area contributed by atoms with Crippen molar-refractivity contribution in [3.63, 3.8) is 0 Å². The monoisotopic (exact) mass is 332 g/mol. The molecule has 1 heterocycles. The van der Waals surface area contributed by atoms with Crippen LogP contribution < -0.4 is 5.73 Å². The fraction of sp³-hybridized carbons (Fsp3) is 0.538. The van der Waals surface area contributed by atoms with Gasteiger partial charge in [-0.25, -0.2) is 0 Å². The first kappa shape index (κ1) is 14.3. The van der Waals surface area contributed by atoms with Gasteiger partial charge in [0.05, 0.1) is 12.7 Å². The molecule has 1 aliphatic heterocycles. The zero-order valence-electron chi connectivity index (χ0n) is 10.4. The molecule has 18 heavy (non-hydrogen) atoms. The zero-order valence-corrected chi connectivity index (χ0v) is 12.7. The van der Waals surface area contributed by atoms with E-state index in [2.05, 4.69) is 33.8 Å². The van der Waals surface area contributed by atoms with Gasteiger partial charge in [-0.15, -0.1) is 0 Å². The molecule has 100 valence electrons. The number of nitrogens with zero attached hydrogens (tertiary/aromatic N) is 1. The third-order valence-electron chi connectivity index (χ3n) is 3.39. The summed E-state index contributed by atoms with van der Waals surface area (Å²) in [5.41, 5.74) is 6.82. The van der Waals surface area contributed by atoms with Crippen molar-refractivity contribution >= 4 is 27.5 Å². The Kier molecular flexibility index (Phi) is 5.04. The van der Waals surface area contributed by atoms with Gasteiger partial charge in [-0.1, -0.05) is 33.6 Å². The van der Waals surface area contributed by atoms with Crippen molar-refractivity contribution in [2.75, 3.05) is 26.2 Å². The highest BCUT2D eigenvalue weighted by Gasteiger charge is 2.25. The van der Waals surface area contributed by atoms with Gasteiger partial charge in [0.1, 0.15) is 0 Å². The third-order valence-corrected chi connectivity index (χ3v) is 4.21. The maximum Gasteiger partial charge on any atom is 0.0824 e. The van der Waals surface area contributed by atoms with Crippen LogP contribution in [0.2, 0.25) is 5.02 Å². The van der Waals surface area contributed by atoms with Gasteiger partial charge in [-0.2, -0.15) is 0 Å². The standard InChI is InChI=1S/C13H18BrClN2O/c1-9(12-3-2-10(14)6-13(12)15)17-4-5-18-11(7-16)8-17/h2-3,6,9,11H,4-5,7-8,16H2,1H3. The molecule has 0 aliphatic carbocycles. The Bertz CT molecular complexity index is 416. The van der Waals surface area contributed by atoms with Crippen LogP contribution in [0.4, 0.5) is 0 Å². The highest BCUT2D eigenvalue weighted by atomic mass is 79.9. The van der Waals surface area contributed by atoms with Gasteiger partial charge >= 0.3 is 0 Å². The normalized spacial score (nSPS) is 23.0. The molecule has 0 amide bonds. The molecular formula is C13H18BrClN2O. The summed E-state index contributed by atoms with van der Waals surface area (Å²) in [4.78, 5) is 2.37. The minimum Gasteiger partial charge on any atom is -0.374 e. The molecule has 1 aromatic carbocycles. The van der Waals surface area contributed by atoms with E-state index in [0.717, 1.165) is 34.8 Å². The van der Waals surface area contributed by atoms with E-state index in [4.69, 9.17) is 22.1 Å². The molecule has 0 bridgehead atoms. The Balaban J connectivity index is 2.12. The second kappa shape index (κ2) is 6.35. The minimum absolute atomic E-state index is 0.135. The fourth-order valence-corrected chi connectivity index (χ4v) is 3.10. The number of rotatable bonds is 3. The van der Waals surface area contributed by atoms with Crippen LogP contribution in [0.25, 0.3) is 0 Å². The van der Waals surface area contributed by atoms with Crippen LogP contribution in [0.1, 0.15) is 18.5 Å². The average molecular weight is 334 g/mol. The maximum absolute atomic E-state index is 6.30. The topological polar surface area (TPSA) is 38.5 Å². The summed E-state index contributed by atoms with van der Waals surface area (Å²) in [6.45, 7) is 5.26. The molecule has 1 saturated heterocycles. The first-order valence-electron chi connectivity index (χ1n) is 6.12. The number of hydrogen-bond donors (Lipinski definition) is 1. The molecule has 0 spiro atoms. The van der Waals surface area contributed by atoms with Crippen molar-refractivity contribution in [1.82, 2.24) is 4.90 Å². The van der Waals surface area contributed by atoms with E-state index < -0.39 is 0 Å². The maximum atomic E-state index is 6.30. The van der Waals surface area contributed by atoms with E-state index in [1.165, 1.54) is 0 Å². The quantitative estimate of drug-likeness (QED) is 0.924. The summed E-state index contributed by atoms with van der Waals surface area (Å²) in [5.74, 6) is 0. The molecule has 1 aliphatic rings. The number of ether oxygens (including phenoxy) is 1. The lowest BCUT2D eigenvalue weighted by Gasteiger charge is -2.36. The van der Waals surface area contributed by atoms with Gasteiger partial charge in [0.15, 0.2) is 0 Å². The first-order valence-corrected chi connectivity index (χ1v) is 7.29. The Hall–Kier alpha value is -0.130. The van der Waals surface area contributed by atoms with E-state index in [0.29, 0.717) is 6.54 Å². The lowest BCUT2D eigenvalue weighted by molar-refractivity contribution is -0.0364. The smallest absolute Gasteiger partial charge is 0.0824 e. The molecule has 3 nitrogen and oxygen atoms in total. The Morgan fingerprint density at radius 1 is 1.61 bits per heavy atom. The van der Waals surface area contributed by atoms with E-state index >= 15 is 0 Å². The van der Waals surface area contributed by atoms with Crippen LogP contribution in [-0.4, -0.2) is 37.2 Å². The molecule has 5 heteroatoms. The zero-order chi connectivity index (χ0) is 13.1. The van der Waals surface area contributed by atoms with E-state index in [-0.39, 0.29) is 12.1 Å². The molecule has 1 aromatic rings. The summed E-state index contributed by atoms with van der Waals surface area (Å²) in [6.07, 6.45) is 0.135. The highest BCUT2D eigenvalue weighted by molar-refractivity contribution is 9.10. The van der Waals surface area contributed by atoms with E-state index in [9.17, 15) is 0 Å².